The molecule has 4 nitrogen and oxygen atoms in total. The van der Waals surface area contributed by atoms with Crippen LogP contribution in [0.5, 0.6) is 5.75 Å². The summed E-state index contributed by atoms with van der Waals surface area (Å²) < 4.78 is 10.5. The van der Waals surface area contributed by atoms with E-state index in [4.69, 9.17) is 14.4 Å². The molecule has 1 aromatic heterocycles. The summed E-state index contributed by atoms with van der Waals surface area (Å²) in [5.74, 6) is 2.01. The number of hydrogen-bond acceptors (Lipinski definition) is 4. The molecule has 1 heterocycles. The van der Waals surface area contributed by atoms with Crippen LogP contribution in [0.4, 0.5) is 0 Å². The fraction of sp³-hybridized carbons (Fsp3) is 0.267. The lowest BCUT2D eigenvalue weighted by atomic mass is 10.1. The van der Waals surface area contributed by atoms with Gasteiger partial charge in [0.25, 0.3) is 0 Å². The lowest BCUT2D eigenvalue weighted by Crippen LogP contribution is -2.16. The highest BCUT2D eigenvalue weighted by atomic mass is 16.5. The number of hydrogen-bond donors (Lipinski definition) is 1. The van der Waals surface area contributed by atoms with Crippen molar-refractivity contribution in [2.24, 2.45) is 0 Å². The molecule has 0 aliphatic rings. The summed E-state index contributed by atoms with van der Waals surface area (Å²) >= 11 is 0. The van der Waals surface area contributed by atoms with Crippen LogP contribution in [-0.2, 0) is 13.0 Å². The van der Waals surface area contributed by atoms with Crippen LogP contribution in [0.3, 0.4) is 0 Å². The highest BCUT2D eigenvalue weighted by Gasteiger charge is 2.00. The summed E-state index contributed by atoms with van der Waals surface area (Å²) in [5.41, 5.74) is 1.23. The van der Waals surface area contributed by atoms with Gasteiger partial charge in [-0.15, -0.1) is 0 Å². The van der Waals surface area contributed by atoms with E-state index in [2.05, 4.69) is 11.4 Å². The van der Waals surface area contributed by atoms with E-state index in [1.165, 1.54) is 5.56 Å². The van der Waals surface area contributed by atoms with Crippen molar-refractivity contribution in [1.82, 2.24) is 5.32 Å². The quantitative estimate of drug-likeness (QED) is 0.807. The Kier molecular flexibility index (Phi) is 4.60. The molecule has 0 radical (unpaired) electrons. The Morgan fingerprint density at radius 1 is 1.32 bits per heavy atom. The molecule has 98 valence electrons. The van der Waals surface area contributed by atoms with Gasteiger partial charge in [-0.25, -0.2) is 0 Å². The lowest BCUT2D eigenvalue weighted by molar-refractivity contribution is 0.414. The minimum Gasteiger partial charge on any atom is -0.497 e. The van der Waals surface area contributed by atoms with Crippen molar-refractivity contribution in [1.29, 1.82) is 5.26 Å². The van der Waals surface area contributed by atoms with Gasteiger partial charge in [-0.1, -0.05) is 12.1 Å². The van der Waals surface area contributed by atoms with Gasteiger partial charge in [0.1, 0.15) is 17.6 Å². The van der Waals surface area contributed by atoms with Crippen molar-refractivity contribution < 1.29 is 9.15 Å². The summed E-state index contributed by atoms with van der Waals surface area (Å²) in [4.78, 5) is 0. The average Bonchev–Trinajstić information content (AvgIpc) is 2.92. The van der Waals surface area contributed by atoms with Crippen molar-refractivity contribution in [2.45, 2.75) is 13.0 Å². The second-order valence-corrected chi connectivity index (χ2v) is 4.16. The zero-order chi connectivity index (χ0) is 13.5. The van der Waals surface area contributed by atoms with Gasteiger partial charge in [0.05, 0.1) is 13.7 Å². The Bertz CT molecular complexity index is 570. The van der Waals surface area contributed by atoms with E-state index in [-0.39, 0.29) is 0 Å². The van der Waals surface area contributed by atoms with E-state index >= 15 is 0 Å². The highest BCUT2D eigenvalue weighted by Crippen LogP contribution is 2.12. The van der Waals surface area contributed by atoms with Crippen molar-refractivity contribution >= 4 is 0 Å². The largest absolute Gasteiger partial charge is 0.497 e. The van der Waals surface area contributed by atoms with E-state index in [0.717, 1.165) is 24.5 Å². The van der Waals surface area contributed by atoms with Crippen LogP contribution >= 0.6 is 0 Å². The van der Waals surface area contributed by atoms with E-state index in [0.29, 0.717) is 12.3 Å². The van der Waals surface area contributed by atoms with Crippen LogP contribution < -0.4 is 10.1 Å². The second-order valence-electron chi connectivity index (χ2n) is 4.16. The molecule has 1 aromatic carbocycles. The number of nitrogens with zero attached hydrogens (tertiary/aromatic N) is 1. The Balaban J connectivity index is 1.76. The molecule has 19 heavy (non-hydrogen) atoms. The van der Waals surface area contributed by atoms with E-state index in [1.54, 1.807) is 13.2 Å². The SMILES string of the molecule is COc1cccc(CCNCc2ccc(C#N)o2)c1. The van der Waals surface area contributed by atoms with Crippen LogP contribution in [-0.4, -0.2) is 13.7 Å². The van der Waals surface area contributed by atoms with Gasteiger partial charge in [0.15, 0.2) is 0 Å². The first-order valence-electron chi connectivity index (χ1n) is 6.14. The third-order valence-electron chi connectivity index (χ3n) is 2.80. The Hall–Kier alpha value is -2.25. The zero-order valence-electron chi connectivity index (χ0n) is 10.8. The predicted molar refractivity (Wildman–Crippen MR) is 71.8 cm³/mol. The van der Waals surface area contributed by atoms with E-state index < -0.39 is 0 Å². The fourth-order valence-corrected chi connectivity index (χ4v) is 1.81. The van der Waals surface area contributed by atoms with Crippen molar-refractivity contribution in [3.63, 3.8) is 0 Å². The number of furan rings is 1. The number of benzene rings is 1. The third-order valence-corrected chi connectivity index (χ3v) is 2.80. The first kappa shape index (κ1) is 13.2. The fourth-order valence-electron chi connectivity index (χ4n) is 1.81. The minimum absolute atomic E-state index is 0.351. The molecule has 0 saturated carbocycles. The molecule has 4 heteroatoms. The van der Waals surface area contributed by atoms with Crippen molar-refractivity contribution in [3.05, 3.63) is 53.5 Å². The number of rotatable bonds is 6. The maximum absolute atomic E-state index is 8.64. The molecule has 1 N–H and O–H groups in total. The molecule has 0 amide bonds. The van der Waals surface area contributed by atoms with Crippen LogP contribution in [0.15, 0.2) is 40.8 Å². The normalized spacial score (nSPS) is 10.1. The predicted octanol–water partition coefficient (Wildman–Crippen LogP) is 2.49. The summed E-state index contributed by atoms with van der Waals surface area (Å²) in [5, 5.41) is 11.9. The average molecular weight is 256 g/mol. The summed E-state index contributed by atoms with van der Waals surface area (Å²) in [7, 11) is 1.67. The molecule has 2 aromatic rings. The minimum atomic E-state index is 0.351. The van der Waals surface area contributed by atoms with Gasteiger partial charge in [0.2, 0.25) is 5.76 Å². The van der Waals surface area contributed by atoms with Gasteiger partial charge >= 0.3 is 0 Å². The smallest absolute Gasteiger partial charge is 0.203 e. The Morgan fingerprint density at radius 2 is 2.21 bits per heavy atom. The van der Waals surface area contributed by atoms with E-state index in [1.807, 2.05) is 30.3 Å². The summed E-state index contributed by atoms with van der Waals surface area (Å²) in [6, 6.07) is 13.5. The van der Waals surface area contributed by atoms with Gasteiger partial charge in [-0.05, 0) is 42.8 Å². The lowest BCUT2D eigenvalue weighted by Gasteiger charge is -2.05. The van der Waals surface area contributed by atoms with Crippen molar-refractivity contribution in [3.8, 4) is 11.8 Å². The molecule has 0 aliphatic carbocycles. The summed E-state index contributed by atoms with van der Waals surface area (Å²) in [6.45, 7) is 1.47. The Labute approximate surface area is 112 Å². The van der Waals surface area contributed by atoms with Gasteiger partial charge < -0.3 is 14.5 Å². The van der Waals surface area contributed by atoms with Crippen LogP contribution in [0.1, 0.15) is 17.1 Å². The maximum Gasteiger partial charge on any atom is 0.203 e. The van der Waals surface area contributed by atoms with Crippen LogP contribution in [0, 0.1) is 11.3 Å². The van der Waals surface area contributed by atoms with E-state index in [9.17, 15) is 0 Å². The Morgan fingerprint density at radius 3 is 2.95 bits per heavy atom. The summed E-state index contributed by atoms with van der Waals surface area (Å²) in [6.07, 6.45) is 0.920. The first-order chi connectivity index (χ1) is 9.31. The molecule has 0 unspecified atom stereocenters. The second kappa shape index (κ2) is 6.62. The standard InChI is InChI=1S/C15H16N2O2/c1-18-13-4-2-3-12(9-13)7-8-17-11-15-6-5-14(10-16)19-15/h2-6,9,17H,7-8,11H2,1H3. The van der Waals surface area contributed by atoms with Gasteiger partial charge in [-0.2, -0.15) is 5.26 Å². The number of methoxy groups -OCH3 is 1. The zero-order valence-corrected chi connectivity index (χ0v) is 10.8. The highest BCUT2D eigenvalue weighted by molar-refractivity contribution is 5.28. The number of nitriles is 1. The third kappa shape index (κ3) is 3.87. The van der Waals surface area contributed by atoms with Gasteiger partial charge in [-0.3, -0.25) is 0 Å². The first-order valence-corrected chi connectivity index (χ1v) is 6.14. The molecule has 0 fully saturated rings. The maximum atomic E-state index is 8.64. The monoisotopic (exact) mass is 256 g/mol. The molecule has 0 atom stereocenters. The number of nitrogens with one attached hydrogen (secondary N) is 1. The molecule has 0 spiro atoms. The molecule has 2 rings (SSSR count). The molecule has 0 bridgehead atoms. The van der Waals surface area contributed by atoms with Gasteiger partial charge in [0, 0.05) is 0 Å². The van der Waals surface area contributed by atoms with Crippen LogP contribution in [0.25, 0.3) is 0 Å². The topological polar surface area (TPSA) is 58.2 Å². The van der Waals surface area contributed by atoms with Crippen molar-refractivity contribution in [2.75, 3.05) is 13.7 Å². The number of ether oxygens (including phenoxy) is 1. The molecule has 0 aliphatic heterocycles. The van der Waals surface area contributed by atoms with Crippen LogP contribution in [0.2, 0.25) is 0 Å². The molecular formula is C15H16N2O2. The molecular weight excluding hydrogens is 240 g/mol. The molecule has 0 saturated heterocycles.